The summed E-state index contributed by atoms with van der Waals surface area (Å²) in [5.41, 5.74) is 2.33. The zero-order valence-corrected chi connectivity index (χ0v) is 13.0. The number of aromatic nitrogens is 2. The Morgan fingerprint density at radius 2 is 2.20 bits per heavy atom. The molecule has 0 bridgehead atoms. The highest BCUT2D eigenvalue weighted by Crippen LogP contribution is 2.48. The van der Waals surface area contributed by atoms with E-state index in [-0.39, 0.29) is 5.97 Å². The predicted octanol–water partition coefficient (Wildman–Crippen LogP) is 3.35. The standard InChI is InChI=1S/C15H15BrN2O2/c1-9-12(10-4-3-5-11(16)8-10)18-13(17-9)15(6-7-15)14(19)20-2/h3-5,8H,6-7H2,1-2H3,(H,17,18). The predicted molar refractivity (Wildman–Crippen MR) is 79.4 cm³/mol. The van der Waals surface area contributed by atoms with Crippen molar-refractivity contribution >= 4 is 21.9 Å². The molecule has 0 atom stereocenters. The molecule has 0 unspecified atom stereocenters. The molecule has 1 N–H and O–H groups in total. The monoisotopic (exact) mass is 334 g/mol. The van der Waals surface area contributed by atoms with Crippen LogP contribution in [0.2, 0.25) is 0 Å². The van der Waals surface area contributed by atoms with Crippen molar-refractivity contribution in [2.45, 2.75) is 25.2 Å². The lowest BCUT2D eigenvalue weighted by Gasteiger charge is -2.08. The first kappa shape index (κ1) is 13.4. The number of hydrogen-bond donors (Lipinski definition) is 1. The van der Waals surface area contributed by atoms with Gasteiger partial charge in [-0.05, 0) is 31.9 Å². The SMILES string of the molecule is COC(=O)C1(c2nc(-c3cccc(Br)c3)c(C)[nH]2)CC1. The van der Waals surface area contributed by atoms with Gasteiger partial charge in [-0.25, -0.2) is 4.98 Å². The summed E-state index contributed by atoms with van der Waals surface area (Å²) in [6.07, 6.45) is 1.59. The van der Waals surface area contributed by atoms with E-state index < -0.39 is 5.41 Å². The van der Waals surface area contributed by atoms with Gasteiger partial charge in [-0.3, -0.25) is 4.79 Å². The van der Waals surface area contributed by atoms with Crippen LogP contribution in [0.4, 0.5) is 0 Å². The number of H-pyrrole nitrogens is 1. The normalized spacial score (nSPS) is 15.9. The van der Waals surface area contributed by atoms with Gasteiger partial charge in [0.2, 0.25) is 0 Å². The van der Waals surface area contributed by atoms with Gasteiger partial charge in [-0.2, -0.15) is 0 Å². The number of nitrogens with one attached hydrogen (secondary N) is 1. The van der Waals surface area contributed by atoms with Gasteiger partial charge in [0.1, 0.15) is 11.2 Å². The molecule has 1 saturated carbocycles. The minimum Gasteiger partial charge on any atom is -0.468 e. The molecule has 1 heterocycles. The van der Waals surface area contributed by atoms with Crippen LogP contribution in [0.25, 0.3) is 11.3 Å². The van der Waals surface area contributed by atoms with Crippen LogP contribution in [0.3, 0.4) is 0 Å². The number of esters is 1. The lowest BCUT2D eigenvalue weighted by molar-refractivity contribution is -0.143. The smallest absolute Gasteiger partial charge is 0.319 e. The molecular weight excluding hydrogens is 320 g/mol. The van der Waals surface area contributed by atoms with Crippen molar-refractivity contribution in [1.82, 2.24) is 9.97 Å². The Morgan fingerprint density at radius 1 is 1.45 bits per heavy atom. The number of benzene rings is 1. The first-order valence-corrected chi connectivity index (χ1v) is 7.27. The average molecular weight is 335 g/mol. The van der Waals surface area contributed by atoms with Gasteiger partial charge >= 0.3 is 5.97 Å². The number of imidazole rings is 1. The van der Waals surface area contributed by atoms with E-state index in [1.54, 1.807) is 0 Å². The second kappa shape index (κ2) is 4.74. The molecule has 1 aliphatic rings. The number of carbonyl (C=O) groups is 1. The molecule has 0 saturated heterocycles. The second-order valence-electron chi connectivity index (χ2n) is 5.14. The molecule has 1 aliphatic carbocycles. The lowest BCUT2D eigenvalue weighted by Crippen LogP contribution is -2.23. The highest BCUT2D eigenvalue weighted by molar-refractivity contribution is 9.10. The van der Waals surface area contributed by atoms with E-state index in [1.807, 2.05) is 31.2 Å². The van der Waals surface area contributed by atoms with Gasteiger partial charge in [-0.1, -0.05) is 28.1 Å². The molecule has 5 heteroatoms. The Kier molecular flexibility index (Phi) is 3.17. The van der Waals surface area contributed by atoms with E-state index in [2.05, 4.69) is 25.9 Å². The van der Waals surface area contributed by atoms with Gasteiger partial charge in [0.15, 0.2) is 0 Å². The van der Waals surface area contributed by atoms with E-state index in [1.165, 1.54) is 7.11 Å². The number of methoxy groups -OCH3 is 1. The van der Waals surface area contributed by atoms with E-state index in [0.717, 1.165) is 40.1 Å². The summed E-state index contributed by atoms with van der Waals surface area (Å²) in [6, 6.07) is 7.98. The molecular formula is C15H15BrN2O2. The summed E-state index contributed by atoms with van der Waals surface area (Å²) in [5, 5.41) is 0. The Labute approximate surface area is 125 Å². The third-order valence-corrected chi connectivity index (χ3v) is 4.26. The van der Waals surface area contributed by atoms with E-state index in [4.69, 9.17) is 4.74 Å². The Balaban J connectivity index is 2.02. The largest absolute Gasteiger partial charge is 0.468 e. The van der Waals surface area contributed by atoms with Crippen LogP contribution in [0.5, 0.6) is 0 Å². The summed E-state index contributed by atoms with van der Waals surface area (Å²) in [4.78, 5) is 19.8. The zero-order chi connectivity index (χ0) is 14.3. The van der Waals surface area contributed by atoms with Crippen LogP contribution in [0.15, 0.2) is 28.7 Å². The average Bonchev–Trinajstić information content (AvgIpc) is 3.16. The third kappa shape index (κ3) is 2.06. The van der Waals surface area contributed by atoms with Gasteiger partial charge in [0.25, 0.3) is 0 Å². The molecule has 20 heavy (non-hydrogen) atoms. The van der Waals surface area contributed by atoms with Gasteiger partial charge in [0, 0.05) is 15.7 Å². The molecule has 1 fully saturated rings. The topological polar surface area (TPSA) is 55.0 Å². The highest BCUT2D eigenvalue weighted by atomic mass is 79.9. The molecule has 0 spiro atoms. The van der Waals surface area contributed by atoms with Crippen molar-refractivity contribution in [2.24, 2.45) is 0 Å². The third-order valence-electron chi connectivity index (χ3n) is 3.76. The maximum absolute atomic E-state index is 11.9. The lowest BCUT2D eigenvalue weighted by atomic mass is 10.1. The molecule has 0 radical (unpaired) electrons. The molecule has 3 rings (SSSR count). The summed E-state index contributed by atoms with van der Waals surface area (Å²) >= 11 is 3.46. The van der Waals surface area contributed by atoms with Crippen molar-refractivity contribution < 1.29 is 9.53 Å². The zero-order valence-electron chi connectivity index (χ0n) is 11.4. The number of aryl methyl sites for hydroxylation is 1. The summed E-state index contributed by atoms with van der Waals surface area (Å²) < 4.78 is 5.91. The fourth-order valence-electron chi connectivity index (χ4n) is 2.46. The van der Waals surface area contributed by atoms with Crippen LogP contribution >= 0.6 is 15.9 Å². The van der Waals surface area contributed by atoms with E-state index >= 15 is 0 Å². The van der Waals surface area contributed by atoms with Crippen molar-refractivity contribution in [2.75, 3.05) is 7.11 Å². The van der Waals surface area contributed by atoms with Crippen LogP contribution in [-0.4, -0.2) is 23.0 Å². The van der Waals surface area contributed by atoms with Crippen molar-refractivity contribution in [3.63, 3.8) is 0 Å². The van der Waals surface area contributed by atoms with Gasteiger partial charge < -0.3 is 9.72 Å². The Morgan fingerprint density at radius 3 is 2.80 bits per heavy atom. The number of halogens is 1. The fraction of sp³-hybridized carbons (Fsp3) is 0.333. The maximum atomic E-state index is 11.9. The minimum absolute atomic E-state index is 0.202. The van der Waals surface area contributed by atoms with Gasteiger partial charge in [0.05, 0.1) is 12.8 Å². The summed E-state index contributed by atoms with van der Waals surface area (Å²) in [5.74, 6) is 0.517. The number of rotatable bonds is 3. The molecule has 4 nitrogen and oxygen atoms in total. The van der Waals surface area contributed by atoms with E-state index in [0.29, 0.717) is 0 Å². The number of carbonyl (C=O) groups excluding carboxylic acids is 1. The van der Waals surface area contributed by atoms with Crippen LogP contribution < -0.4 is 0 Å². The number of ether oxygens (including phenoxy) is 1. The van der Waals surface area contributed by atoms with Crippen molar-refractivity contribution in [3.8, 4) is 11.3 Å². The molecule has 0 amide bonds. The molecule has 0 aliphatic heterocycles. The Hall–Kier alpha value is -1.62. The van der Waals surface area contributed by atoms with Crippen LogP contribution in [-0.2, 0) is 14.9 Å². The Bertz CT molecular complexity index is 674. The van der Waals surface area contributed by atoms with Crippen molar-refractivity contribution in [1.29, 1.82) is 0 Å². The number of hydrogen-bond acceptors (Lipinski definition) is 3. The fourth-order valence-corrected chi connectivity index (χ4v) is 2.86. The first-order valence-electron chi connectivity index (χ1n) is 6.48. The highest BCUT2D eigenvalue weighted by Gasteiger charge is 2.55. The molecule has 2 aromatic rings. The number of nitrogens with zero attached hydrogens (tertiary/aromatic N) is 1. The molecule has 104 valence electrons. The van der Waals surface area contributed by atoms with Gasteiger partial charge in [-0.15, -0.1) is 0 Å². The van der Waals surface area contributed by atoms with E-state index in [9.17, 15) is 4.79 Å². The maximum Gasteiger partial charge on any atom is 0.319 e. The van der Waals surface area contributed by atoms with Crippen molar-refractivity contribution in [3.05, 3.63) is 40.3 Å². The minimum atomic E-state index is -0.552. The molecule has 1 aromatic carbocycles. The molecule has 1 aromatic heterocycles. The summed E-state index contributed by atoms with van der Waals surface area (Å²) in [6.45, 7) is 1.97. The number of aromatic amines is 1. The second-order valence-corrected chi connectivity index (χ2v) is 6.06. The quantitative estimate of drug-likeness (QED) is 0.875. The van der Waals surface area contributed by atoms with Crippen LogP contribution in [0, 0.1) is 6.92 Å². The summed E-state index contributed by atoms with van der Waals surface area (Å²) in [7, 11) is 1.42. The first-order chi connectivity index (χ1) is 9.56. The van der Waals surface area contributed by atoms with Crippen LogP contribution in [0.1, 0.15) is 24.4 Å².